The summed E-state index contributed by atoms with van der Waals surface area (Å²) in [6.45, 7) is 1.41. The van der Waals surface area contributed by atoms with Crippen LogP contribution in [0.3, 0.4) is 0 Å². The summed E-state index contributed by atoms with van der Waals surface area (Å²) < 4.78 is 0. The highest BCUT2D eigenvalue weighted by Crippen LogP contribution is 2.37. The molecule has 1 aliphatic heterocycles. The Kier molecular flexibility index (Phi) is 4.51. The number of piperidine rings is 1. The summed E-state index contributed by atoms with van der Waals surface area (Å²) in [5, 5.41) is 7.47. The van der Waals surface area contributed by atoms with Crippen LogP contribution in [-0.4, -0.2) is 39.9 Å². The Bertz CT molecular complexity index is 1060. The van der Waals surface area contributed by atoms with Crippen molar-refractivity contribution in [3.63, 3.8) is 0 Å². The minimum Gasteiger partial charge on any atom is -0.341 e. The SMILES string of the molecule is O=C1CC(C(=O)N2CCCC(c3[nH]ncc3-c3ccccc3)C2)c2ccccc21. The van der Waals surface area contributed by atoms with E-state index in [9.17, 15) is 9.59 Å². The number of hydrogen-bond acceptors (Lipinski definition) is 3. The molecule has 1 saturated heterocycles. The number of fused-ring (bicyclic) bond motifs is 1. The summed E-state index contributed by atoms with van der Waals surface area (Å²) in [4.78, 5) is 27.6. The van der Waals surface area contributed by atoms with Crippen molar-refractivity contribution in [2.45, 2.75) is 31.1 Å². The molecule has 2 atom stereocenters. The first kappa shape index (κ1) is 17.9. The number of H-pyrrole nitrogens is 1. The van der Waals surface area contributed by atoms with Crippen molar-refractivity contribution in [3.05, 3.63) is 77.6 Å². The molecule has 3 aromatic rings. The molecule has 29 heavy (non-hydrogen) atoms. The second-order valence-corrected chi connectivity index (χ2v) is 7.95. The largest absolute Gasteiger partial charge is 0.341 e. The predicted octanol–water partition coefficient (Wildman–Crippen LogP) is 4.15. The number of ketones is 1. The molecule has 0 bridgehead atoms. The zero-order chi connectivity index (χ0) is 19.8. The first-order valence-corrected chi connectivity index (χ1v) is 10.2. The van der Waals surface area contributed by atoms with E-state index in [-0.39, 0.29) is 23.5 Å². The number of Topliss-reactive ketones (excluding diaryl/α,β-unsaturated/α-hetero) is 1. The van der Waals surface area contributed by atoms with Crippen molar-refractivity contribution >= 4 is 11.7 Å². The fourth-order valence-corrected chi connectivity index (χ4v) is 4.77. The fourth-order valence-electron chi connectivity index (χ4n) is 4.77. The third kappa shape index (κ3) is 3.16. The summed E-state index contributed by atoms with van der Waals surface area (Å²) in [6.07, 6.45) is 4.13. The van der Waals surface area contributed by atoms with E-state index in [2.05, 4.69) is 22.3 Å². The van der Waals surface area contributed by atoms with Crippen molar-refractivity contribution in [1.29, 1.82) is 0 Å². The Hall–Kier alpha value is -3.21. The minimum absolute atomic E-state index is 0.0763. The van der Waals surface area contributed by atoms with Gasteiger partial charge in [0.15, 0.2) is 5.78 Å². The lowest BCUT2D eigenvalue weighted by atomic mass is 9.89. The summed E-state index contributed by atoms with van der Waals surface area (Å²) in [7, 11) is 0. The molecule has 1 fully saturated rings. The highest BCUT2D eigenvalue weighted by atomic mass is 16.2. The van der Waals surface area contributed by atoms with E-state index in [1.54, 1.807) is 0 Å². The molecule has 1 N–H and O–H groups in total. The number of aromatic nitrogens is 2. The third-order valence-electron chi connectivity index (χ3n) is 6.22. The van der Waals surface area contributed by atoms with Gasteiger partial charge in [-0.05, 0) is 24.0 Å². The number of hydrogen-bond donors (Lipinski definition) is 1. The number of rotatable bonds is 3. The average Bonchev–Trinajstić information content (AvgIpc) is 3.39. The normalized spacial score (nSPS) is 21.2. The highest BCUT2D eigenvalue weighted by Gasteiger charge is 2.38. The van der Waals surface area contributed by atoms with Crippen LogP contribution in [0.1, 0.15) is 52.7 Å². The molecule has 1 amide bonds. The lowest BCUT2D eigenvalue weighted by Gasteiger charge is -2.34. The van der Waals surface area contributed by atoms with Crippen LogP contribution >= 0.6 is 0 Å². The van der Waals surface area contributed by atoms with Crippen molar-refractivity contribution in [3.8, 4) is 11.1 Å². The van der Waals surface area contributed by atoms with Crippen LogP contribution in [0.4, 0.5) is 0 Å². The van der Waals surface area contributed by atoms with Crippen LogP contribution in [0.2, 0.25) is 0 Å². The Morgan fingerprint density at radius 2 is 1.83 bits per heavy atom. The Labute approximate surface area is 169 Å². The third-order valence-corrected chi connectivity index (χ3v) is 6.22. The molecule has 0 spiro atoms. The van der Waals surface area contributed by atoms with E-state index in [1.165, 1.54) is 0 Å². The lowest BCUT2D eigenvalue weighted by molar-refractivity contribution is -0.133. The van der Waals surface area contributed by atoms with E-state index in [1.807, 2.05) is 53.6 Å². The number of benzene rings is 2. The van der Waals surface area contributed by atoms with Gasteiger partial charge in [0.05, 0.1) is 12.1 Å². The summed E-state index contributed by atoms with van der Waals surface area (Å²) >= 11 is 0. The van der Waals surface area contributed by atoms with Crippen LogP contribution in [0.5, 0.6) is 0 Å². The maximum atomic E-state index is 13.3. The number of likely N-dealkylation sites (tertiary alicyclic amines) is 1. The topological polar surface area (TPSA) is 66.1 Å². The van der Waals surface area contributed by atoms with Crippen molar-refractivity contribution in [1.82, 2.24) is 15.1 Å². The van der Waals surface area contributed by atoms with Gasteiger partial charge in [-0.2, -0.15) is 5.10 Å². The van der Waals surface area contributed by atoms with Gasteiger partial charge in [-0.3, -0.25) is 14.7 Å². The van der Waals surface area contributed by atoms with Gasteiger partial charge < -0.3 is 4.90 Å². The molecule has 2 aromatic carbocycles. The Balaban J connectivity index is 1.38. The zero-order valence-corrected chi connectivity index (χ0v) is 16.2. The van der Waals surface area contributed by atoms with Gasteiger partial charge in [0.1, 0.15) is 0 Å². The molecular formula is C24H23N3O2. The summed E-state index contributed by atoms with van der Waals surface area (Å²) in [5.74, 6) is 0.0341. The second-order valence-electron chi connectivity index (χ2n) is 7.95. The molecule has 2 heterocycles. The van der Waals surface area contributed by atoms with E-state index >= 15 is 0 Å². The van der Waals surface area contributed by atoms with Crippen LogP contribution in [-0.2, 0) is 4.79 Å². The van der Waals surface area contributed by atoms with Crippen LogP contribution in [0, 0.1) is 0 Å². The number of amides is 1. The molecule has 5 rings (SSSR count). The standard InChI is InChI=1S/C24H23N3O2/c28-22-13-20(18-10-4-5-11-19(18)22)24(29)27-12-6-9-17(15-27)23-21(14-25-26-23)16-7-2-1-3-8-16/h1-5,7-8,10-11,14,17,20H,6,9,12-13,15H2,(H,25,26). The number of nitrogens with one attached hydrogen (secondary N) is 1. The average molecular weight is 385 g/mol. The van der Waals surface area contributed by atoms with Gasteiger partial charge >= 0.3 is 0 Å². The molecule has 2 unspecified atom stereocenters. The van der Waals surface area contributed by atoms with Gasteiger partial charge in [0.25, 0.3) is 0 Å². The van der Waals surface area contributed by atoms with Gasteiger partial charge in [0.2, 0.25) is 5.91 Å². The van der Waals surface area contributed by atoms with E-state index in [0.29, 0.717) is 18.5 Å². The van der Waals surface area contributed by atoms with Gasteiger partial charge in [-0.25, -0.2) is 0 Å². The maximum absolute atomic E-state index is 13.3. The maximum Gasteiger partial charge on any atom is 0.230 e. The molecule has 5 heteroatoms. The Morgan fingerprint density at radius 3 is 2.69 bits per heavy atom. The zero-order valence-electron chi connectivity index (χ0n) is 16.2. The molecular weight excluding hydrogens is 362 g/mol. The quantitative estimate of drug-likeness (QED) is 0.736. The second kappa shape index (κ2) is 7.32. The molecule has 1 aromatic heterocycles. The number of aromatic amines is 1. The van der Waals surface area contributed by atoms with Crippen molar-refractivity contribution in [2.24, 2.45) is 0 Å². The Morgan fingerprint density at radius 1 is 1.03 bits per heavy atom. The van der Waals surface area contributed by atoms with E-state index in [0.717, 1.165) is 41.8 Å². The monoisotopic (exact) mass is 385 g/mol. The van der Waals surface area contributed by atoms with E-state index < -0.39 is 0 Å². The molecule has 1 aliphatic carbocycles. The van der Waals surface area contributed by atoms with Crippen molar-refractivity contribution < 1.29 is 9.59 Å². The fraction of sp³-hybridized carbons (Fsp3) is 0.292. The van der Waals surface area contributed by atoms with E-state index in [4.69, 9.17) is 0 Å². The molecule has 146 valence electrons. The van der Waals surface area contributed by atoms with Crippen LogP contribution < -0.4 is 0 Å². The van der Waals surface area contributed by atoms with Gasteiger partial charge in [-0.1, -0.05) is 54.6 Å². The highest BCUT2D eigenvalue weighted by molar-refractivity contribution is 6.06. The summed E-state index contributed by atoms with van der Waals surface area (Å²) in [5.41, 5.74) is 4.92. The predicted molar refractivity (Wildman–Crippen MR) is 111 cm³/mol. The van der Waals surface area contributed by atoms with Gasteiger partial charge in [-0.15, -0.1) is 0 Å². The molecule has 5 nitrogen and oxygen atoms in total. The molecule has 2 aliphatic rings. The lowest BCUT2D eigenvalue weighted by Crippen LogP contribution is -2.41. The number of nitrogens with zero attached hydrogens (tertiary/aromatic N) is 2. The first-order chi connectivity index (χ1) is 14.2. The van der Waals surface area contributed by atoms with Crippen molar-refractivity contribution in [2.75, 3.05) is 13.1 Å². The van der Waals surface area contributed by atoms with Crippen LogP contribution in [0.15, 0.2) is 60.8 Å². The molecule has 0 radical (unpaired) electrons. The minimum atomic E-state index is -0.340. The van der Waals surface area contributed by atoms with Crippen LogP contribution in [0.25, 0.3) is 11.1 Å². The smallest absolute Gasteiger partial charge is 0.230 e. The molecule has 0 saturated carbocycles. The summed E-state index contributed by atoms with van der Waals surface area (Å²) in [6, 6.07) is 17.8. The number of carbonyl (C=O) groups is 2. The van der Waals surface area contributed by atoms with Gasteiger partial charge in [0, 0.05) is 42.2 Å². The number of carbonyl (C=O) groups excluding carboxylic acids is 2. The first-order valence-electron chi connectivity index (χ1n) is 10.2.